The summed E-state index contributed by atoms with van der Waals surface area (Å²) < 4.78 is 68.4. The number of rotatable bonds is 10. The van der Waals surface area contributed by atoms with E-state index in [2.05, 4.69) is 9.88 Å². The van der Waals surface area contributed by atoms with Crippen molar-refractivity contribution in [3.8, 4) is 0 Å². The van der Waals surface area contributed by atoms with Gasteiger partial charge in [0, 0.05) is 48.6 Å². The Hall–Kier alpha value is -3.32. The van der Waals surface area contributed by atoms with Gasteiger partial charge in [0.2, 0.25) is 5.88 Å². The van der Waals surface area contributed by atoms with E-state index in [0.717, 1.165) is 0 Å². The first kappa shape index (κ1) is 58.3. The number of sulfonamides is 1. The Morgan fingerprint density at radius 1 is 0.913 bits per heavy atom. The average molecular weight is 1000 g/mol. The van der Waals surface area contributed by atoms with Crippen molar-refractivity contribution in [3.05, 3.63) is 35.5 Å². The van der Waals surface area contributed by atoms with Crippen LogP contribution in [0.2, 0.25) is 0 Å². The molecule has 0 saturated carbocycles. The van der Waals surface area contributed by atoms with Crippen LogP contribution in [0.1, 0.15) is 106 Å². The molecular formula is C48H80N4O16S. The number of aliphatic hydroxyl groups is 5. The van der Waals surface area contributed by atoms with E-state index in [-0.39, 0.29) is 42.2 Å². The molecular weight excluding hydrogens is 921 g/mol. The Morgan fingerprint density at radius 2 is 1.52 bits per heavy atom. The average Bonchev–Trinajstić information content (AvgIpc) is 3.59. The topological polar surface area (TPSA) is 292 Å². The van der Waals surface area contributed by atoms with Gasteiger partial charge in [-0.2, -0.15) is 0 Å². The van der Waals surface area contributed by atoms with Gasteiger partial charge in [-0.25, -0.2) is 13.1 Å². The van der Waals surface area contributed by atoms with Crippen LogP contribution < -0.4 is 10.5 Å². The maximum Gasteiger partial charge on any atom is 0.311 e. The number of aliphatic hydroxyl groups excluding tert-OH is 3. The predicted molar refractivity (Wildman–Crippen MR) is 254 cm³/mol. The molecule has 0 radical (unpaired) electrons. The van der Waals surface area contributed by atoms with Crippen LogP contribution in [0.5, 0.6) is 0 Å². The van der Waals surface area contributed by atoms with E-state index in [1.807, 2.05) is 25.9 Å². The van der Waals surface area contributed by atoms with Gasteiger partial charge in [0.05, 0.1) is 58.2 Å². The molecule has 1 aromatic heterocycles. The first-order valence-electron chi connectivity index (χ1n) is 23.7. The molecule has 18 atom stereocenters. The fraction of sp³-hybridized carbons (Fsp3) is 0.771. The first-order chi connectivity index (χ1) is 31.8. The fourth-order valence-corrected chi connectivity index (χ4v) is 10.8. The number of methoxy groups -OCH3 is 1. The number of ketones is 1. The highest BCUT2D eigenvalue weighted by atomic mass is 32.2. The summed E-state index contributed by atoms with van der Waals surface area (Å²) in [5.74, 6) is -4.85. The van der Waals surface area contributed by atoms with E-state index in [4.69, 9.17) is 38.7 Å². The first-order valence-corrected chi connectivity index (χ1v) is 25.2. The number of anilines is 2. The van der Waals surface area contributed by atoms with Gasteiger partial charge in [-0.1, -0.05) is 32.9 Å². The van der Waals surface area contributed by atoms with E-state index in [1.165, 1.54) is 52.1 Å². The highest BCUT2D eigenvalue weighted by Crippen LogP contribution is 2.41. The molecule has 0 aliphatic carbocycles. The van der Waals surface area contributed by atoms with Gasteiger partial charge < -0.3 is 69.1 Å². The molecule has 4 heterocycles. The minimum atomic E-state index is -3.68. The SMILES string of the molecule is CC[C@H]1OC(=O)[C@H](C)[C@@H](OC2CC(C)(OC)C(O)C(C)O2)[C@H](C)[C@@H](OC2OC(C)CC(N(C)C)C2O)[C@](C)(O)C[C@@H](C)C(=O)[C@H](C)[C@@H](O)[C@]1(C)O.Cc1noc(NS(=O)(=O)c2ccc(N)cc2)c1C. The second-order valence-electron chi connectivity index (χ2n) is 20.4. The molecule has 8 N–H and O–H groups in total. The van der Waals surface area contributed by atoms with Crippen LogP contribution in [-0.2, 0) is 48.0 Å². The molecule has 21 heteroatoms. The van der Waals surface area contributed by atoms with Crippen LogP contribution in [0, 0.1) is 37.5 Å². The largest absolute Gasteiger partial charge is 0.459 e. The molecule has 3 aliphatic rings. The molecule has 3 aliphatic heterocycles. The lowest BCUT2D eigenvalue weighted by Gasteiger charge is -2.49. The standard InChI is InChI=1S/C37H67NO13.C11H13N3O3S/c1-14-25-37(10,45)30(41)20(4)27(39)18(2)16-35(8,44)32(51-34-28(40)24(38(11)12)15-19(3)47-34)21(5)29(22(6)33(43)49-25)50-26-17-36(9,46-13)31(42)23(7)48-26;1-7-8(2)13-17-11(7)14-18(15,16)10-5-3-9(12)4-6-10/h18-26,28-32,34,40-42,44-45H,14-17H2,1-13H3;3-6,14H,12H2,1-2H3/t18-,19?,20+,21+,22-,23?,24?,25-,26?,28?,29+,30-,31?,32-,34?,35-,36?,37-;/m1./s1. The van der Waals surface area contributed by atoms with Crippen LogP contribution in [0.15, 0.2) is 33.7 Å². The Kier molecular flexibility index (Phi) is 19.5. The van der Waals surface area contributed by atoms with Crippen molar-refractivity contribution in [2.75, 3.05) is 31.7 Å². The number of nitrogens with one attached hydrogen (secondary N) is 1. The lowest BCUT2D eigenvalue weighted by atomic mass is 9.74. The Bertz CT molecular complexity index is 2120. The fourth-order valence-electron chi connectivity index (χ4n) is 9.75. The molecule has 1 aromatic carbocycles. The van der Waals surface area contributed by atoms with Crippen molar-refractivity contribution in [3.63, 3.8) is 0 Å². The van der Waals surface area contributed by atoms with Crippen LogP contribution in [0.25, 0.3) is 0 Å². The van der Waals surface area contributed by atoms with Gasteiger partial charge in [-0.15, -0.1) is 0 Å². The van der Waals surface area contributed by atoms with Crippen molar-refractivity contribution in [2.24, 2.45) is 23.7 Å². The number of hydrogen-bond acceptors (Lipinski definition) is 19. The van der Waals surface area contributed by atoms with Crippen LogP contribution in [0.3, 0.4) is 0 Å². The lowest BCUT2D eigenvalue weighted by Crippen LogP contribution is -2.61. The van der Waals surface area contributed by atoms with Gasteiger partial charge in [0.1, 0.15) is 29.7 Å². The molecule has 0 bridgehead atoms. The monoisotopic (exact) mass is 1000 g/mol. The Morgan fingerprint density at radius 3 is 2.06 bits per heavy atom. The molecule has 69 heavy (non-hydrogen) atoms. The zero-order chi connectivity index (χ0) is 52.3. The number of likely N-dealkylation sites (N-methyl/N-ethyl adjacent to an activating group) is 1. The summed E-state index contributed by atoms with van der Waals surface area (Å²) in [5.41, 5.74) is 2.47. The second kappa shape index (κ2) is 23.0. The summed E-state index contributed by atoms with van der Waals surface area (Å²) in [5, 5.41) is 61.3. The summed E-state index contributed by atoms with van der Waals surface area (Å²) >= 11 is 0. The number of carbonyl (C=O) groups is 2. The number of cyclic esters (lactones) is 1. The number of aromatic nitrogens is 1. The third-order valence-electron chi connectivity index (χ3n) is 14.4. The molecule has 8 unspecified atom stereocenters. The van der Waals surface area contributed by atoms with E-state index in [9.17, 15) is 43.5 Å². The number of nitrogen functional groups attached to an aromatic ring is 1. The molecule has 394 valence electrons. The number of nitrogens with zero attached hydrogens (tertiary/aromatic N) is 2. The van der Waals surface area contributed by atoms with Gasteiger partial charge in [0.25, 0.3) is 10.0 Å². The van der Waals surface area contributed by atoms with Crippen LogP contribution in [-0.4, -0.2) is 161 Å². The smallest absolute Gasteiger partial charge is 0.311 e. The summed E-state index contributed by atoms with van der Waals surface area (Å²) in [6, 6.07) is 5.57. The molecule has 0 spiro atoms. The molecule has 5 rings (SSSR count). The highest BCUT2D eigenvalue weighted by molar-refractivity contribution is 7.92. The molecule has 3 fully saturated rings. The van der Waals surface area contributed by atoms with E-state index < -0.39 is 118 Å². The lowest BCUT2D eigenvalue weighted by molar-refractivity contribution is -0.318. The quantitative estimate of drug-likeness (QED) is 0.132. The number of ether oxygens (including phenoxy) is 6. The number of carbonyl (C=O) groups excluding carboxylic acids is 2. The number of hydrogen-bond donors (Lipinski definition) is 7. The van der Waals surface area contributed by atoms with Crippen molar-refractivity contribution in [2.45, 2.75) is 198 Å². The van der Waals surface area contributed by atoms with Crippen LogP contribution >= 0.6 is 0 Å². The Labute approximate surface area is 407 Å². The predicted octanol–water partition coefficient (Wildman–Crippen LogP) is 3.46. The van der Waals surface area contributed by atoms with E-state index in [1.54, 1.807) is 55.4 Å². The molecule has 20 nitrogen and oxygen atoms in total. The highest BCUT2D eigenvalue weighted by Gasteiger charge is 2.53. The summed E-state index contributed by atoms with van der Waals surface area (Å²) in [7, 11) is 1.50. The number of aryl methyl sites for hydroxylation is 1. The van der Waals surface area contributed by atoms with Crippen molar-refractivity contribution >= 4 is 33.3 Å². The summed E-state index contributed by atoms with van der Waals surface area (Å²) in [4.78, 5) is 29.9. The van der Waals surface area contributed by atoms with Crippen molar-refractivity contribution in [1.29, 1.82) is 0 Å². The van der Waals surface area contributed by atoms with Gasteiger partial charge >= 0.3 is 5.97 Å². The zero-order valence-corrected chi connectivity index (χ0v) is 43.7. The van der Waals surface area contributed by atoms with Crippen molar-refractivity contribution in [1.82, 2.24) is 10.1 Å². The summed E-state index contributed by atoms with van der Waals surface area (Å²) in [6.07, 6.45) is -9.71. The maximum atomic E-state index is 14.1. The molecule has 0 amide bonds. The third-order valence-corrected chi connectivity index (χ3v) is 15.7. The minimum absolute atomic E-state index is 0.0936. The molecule has 3 saturated heterocycles. The maximum absolute atomic E-state index is 14.1. The normalized spacial score (nSPS) is 39.8. The summed E-state index contributed by atoms with van der Waals surface area (Å²) in [6.45, 7) is 19.8. The van der Waals surface area contributed by atoms with E-state index in [0.29, 0.717) is 23.4 Å². The van der Waals surface area contributed by atoms with E-state index >= 15 is 0 Å². The van der Waals surface area contributed by atoms with Crippen molar-refractivity contribution < 1.29 is 76.5 Å². The Balaban J connectivity index is 0.000000478. The molecule has 2 aromatic rings. The second-order valence-corrected chi connectivity index (χ2v) is 22.1. The van der Waals surface area contributed by atoms with Gasteiger partial charge in [-0.05, 0) is 113 Å². The zero-order valence-electron chi connectivity index (χ0n) is 42.9. The third kappa shape index (κ3) is 13.4. The number of esters is 1. The number of Topliss-reactive ketones (excluding diaryl/α,β-unsaturated/α-hetero) is 1. The van der Waals surface area contributed by atoms with Gasteiger partial charge in [-0.3, -0.25) is 9.59 Å². The van der Waals surface area contributed by atoms with Crippen LogP contribution in [0.4, 0.5) is 11.6 Å². The van der Waals surface area contributed by atoms with Gasteiger partial charge in [0.15, 0.2) is 12.6 Å². The number of benzene rings is 1. The minimum Gasteiger partial charge on any atom is -0.459 e. The number of nitrogens with two attached hydrogens (primary N) is 1.